The van der Waals surface area contributed by atoms with Crippen LogP contribution in [0.25, 0.3) is 11.4 Å². The van der Waals surface area contributed by atoms with E-state index < -0.39 is 0 Å². The molecule has 0 radical (unpaired) electrons. The summed E-state index contributed by atoms with van der Waals surface area (Å²) in [7, 11) is 1.78. The molecule has 0 aliphatic carbocycles. The zero-order valence-electron chi connectivity index (χ0n) is 12.1. The molecule has 1 aromatic carbocycles. The molecule has 2 aromatic rings. The van der Waals surface area contributed by atoms with Gasteiger partial charge in [0.15, 0.2) is 5.82 Å². The summed E-state index contributed by atoms with van der Waals surface area (Å²) >= 11 is 0. The summed E-state index contributed by atoms with van der Waals surface area (Å²) in [5.41, 5.74) is 1.64. The Morgan fingerprint density at radius 1 is 1.48 bits per heavy atom. The van der Waals surface area contributed by atoms with Gasteiger partial charge in [0.1, 0.15) is 0 Å². The lowest BCUT2D eigenvalue weighted by atomic mass is 10.0. The Kier molecular flexibility index (Phi) is 3.66. The first-order valence-electron chi connectivity index (χ1n) is 7.02. The highest BCUT2D eigenvalue weighted by Gasteiger charge is 2.29. The second-order valence-electron chi connectivity index (χ2n) is 5.33. The zero-order valence-corrected chi connectivity index (χ0v) is 12.1. The Labute approximate surface area is 122 Å². The first-order chi connectivity index (χ1) is 10.1. The van der Waals surface area contributed by atoms with Gasteiger partial charge in [-0.25, -0.2) is 4.68 Å². The lowest BCUT2D eigenvalue weighted by Crippen LogP contribution is -2.32. The highest BCUT2D eigenvalue weighted by Crippen LogP contribution is 2.22. The third-order valence-electron chi connectivity index (χ3n) is 3.87. The van der Waals surface area contributed by atoms with Gasteiger partial charge in [0, 0.05) is 24.3 Å². The van der Waals surface area contributed by atoms with Crippen molar-refractivity contribution in [3.8, 4) is 11.4 Å². The third-order valence-corrected chi connectivity index (χ3v) is 3.87. The van der Waals surface area contributed by atoms with E-state index in [4.69, 9.17) is 0 Å². The number of benzene rings is 1. The van der Waals surface area contributed by atoms with E-state index in [0.717, 1.165) is 24.2 Å². The number of carbonyl (C=O) groups excluding carboxylic acids is 1. The van der Waals surface area contributed by atoms with Crippen LogP contribution in [0.5, 0.6) is 0 Å². The molecule has 1 amide bonds. The van der Waals surface area contributed by atoms with Crippen molar-refractivity contribution in [3.63, 3.8) is 0 Å². The number of carbonyl (C=O) groups is 1. The predicted molar refractivity (Wildman–Crippen MR) is 78.4 cm³/mol. The Morgan fingerprint density at radius 3 is 3.00 bits per heavy atom. The first-order valence-corrected chi connectivity index (χ1v) is 7.02. The van der Waals surface area contributed by atoms with Gasteiger partial charge >= 0.3 is 0 Å². The molecule has 1 saturated heterocycles. The molecule has 21 heavy (non-hydrogen) atoms. The van der Waals surface area contributed by atoms with Gasteiger partial charge in [-0.1, -0.05) is 12.1 Å². The van der Waals surface area contributed by atoms with Crippen molar-refractivity contribution in [2.75, 3.05) is 11.9 Å². The van der Waals surface area contributed by atoms with Crippen LogP contribution in [0, 0.1) is 5.92 Å². The number of nitrogens with zero attached hydrogens (tertiary/aromatic N) is 4. The maximum absolute atomic E-state index is 12.3. The molecule has 7 heteroatoms. The van der Waals surface area contributed by atoms with Gasteiger partial charge in [0.2, 0.25) is 5.91 Å². The van der Waals surface area contributed by atoms with Crippen molar-refractivity contribution in [3.05, 3.63) is 24.3 Å². The molecule has 3 rings (SSSR count). The van der Waals surface area contributed by atoms with Crippen molar-refractivity contribution in [1.29, 1.82) is 0 Å². The molecular weight excluding hydrogens is 268 g/mol. The highest BCUT2D eigenvalue weighted by atomic mass is 16.1. The fourth-order valence-corrected chi connectivity index (χ4v) is 2.66. The summed E-state index contributed by atoms with van der Waals surface area (Å²) < 4.78 is 1.60. The van der Waals surface area contributed by atoms with Gasteiger partial charge in [-0.3, -0.25) is 4.79 Å². The van der Waals surface area contributed by atoms with Crippen LogP contribution in [0.2, 0.25) is 0 Å². The van der Waals surface area contributed by atoms with Crippen LogP contribution in [0.4, 0.5) is 5.69 Å². The smallest absolute Gasteiger partial charge is 0.229 e. The Bertz CT molecular complexity index is 652. The topological polar surface area (TPSA) is 84.7 Å². The second-order valence-corrected chi connectivity index (χ2v) is 5.33. The van der Waals surface area contributed by atoms with E-state index in [-0.39, 0.29) is 17.9 Å². The number of hydrogen-bond acceptors (Lipinski definition) is 5. The molecule has 2 unspecified atom stereocenters. The molecule has 1 aliphatic heterocycles. The first kappa shape index (κ1) is 13.7. The van der Waals surface area contributed by atoms with Crippen molar-refractivity contribution >= 4 is 11.6 Å². The number of rotatable bonds is 3. The maximum Gasteiger partial charge on any atom is 0.229 e. The lowest BCUT2D eigenvalue weighted by Gasteiger charge is -2.15. The summed E-state index contributed by atoms with van der Waals surface area (Å²) in [4.78, 5) is 12.3. The van der Waals surface area contributed by atoms with Gasteiger partial charge in [0.05, 0.1) is 5.92 Å². The van der Waals surface area contributed by atoms with Crippen LogP contribution >= 0.6 is 0 Å². The van der Waals surface area contributed by atoms with Gasteiger partial charge in [0.25, 0.3) is 0 Å². The Balaban J connectivity index is 1.77. The average molecular weight is 286 g/mol. The summed E-state index contributed by atoms with van der Waals surface area (Å²) in [6.07, 6.45) is 0.875. The predicted octanol–water partition coefficient (Wildman–Crippen LogP) is 0.814. The maximum atomic E-state index is 12.3. The number of aromatic nitrogens is 4. The van der Waals surface area contributed by atoms with E-state index in [1.54, 1.807) is 11.7 Å². The molecule has 2 N–H and O–H groups in total. The van der Waals surface area contributed by atoms with Gasteiger partial charge in [-0.15, -0.1) is 5.10 Å². The number of aryl methyl sites for hydroxylation is 1. The Morgan fingerprint density at radius 2 is 2.33 bits per heavy atom. The molecule has 1 fully saturated rings. The van der Waals surface area contributed by atoms with Crippen LogP contribution in [-0.4, -0.2) is 38.7 Å². The molecule has 1 aliphatic rings. The number of tetrazole rings is 1. The average Bonchev–Trinajstić information content (AvgIpc) is 3.07. The minimum Gasteiger partial charge on any atom is -0.326 e. The zero-order chi connectivity index (χ0) is 14.8. The van der Waals surface area contributed by atoms with Crippen molar-refractivity contribution in [1.82, 2.24) is 25.5 Å². The molecule has 2 atom stereocenters. The van der Waals surface area contributed by atoms with E-state index >= 15 is 0 Å². The van der Waals surface area contributed by atoms with Crippen molar-refractivity contribution in [2.24, 2.45) is 13.0 Å². The highest BCUT2D eigenvalue weighted by molar-refractivity contribution is 5.93. The minimum absolute atomic E-state index is 0.0187. The number of nitrogens with one attached hydrogen (secondary N) is 2. The van der Waals surface area contributed by atoms with E-state index in [1.165, 1.54) is 0 Å². The summed E-state index contributed by atoms with van der Waals surface area (Å²) in [5.74, 6) is 0.743. The van der Waals surface area contributed by atoms with E-state index in [9.17, 15) is 4.79 Å². The fraction of sp³-hybridized carbons (Fsp3) is 0.429. The van der Waals surface area contributed by atoms with Crippen LogP contribution in [0.15, 0.2) is 24.3 Å². The molecule has 1 aromatic heterocycles. The fourth-order valence-electron chi connectivity index (χ4n) is 2.66. The number of anilines is 1. The summed E-state index contributed by atoms with van der Waals surface area (Å²) in [6.45, 7) is 2.93. The van der Waals surface area contributed by atoms with Crippen LogP contribution in [0.3, 0.4) is 0 Å². The molecular formula is C14H18N6O. The summed E-state index contributed by atoms with van der Waals surface area (Å²) in [5, 5.41) is 17.7. The molecule has 0 saturated carbocycles. The van der Waals surface area contributed by atoms with Gasteiger partial charge in [-0.05, 0) is 42.4 Å². The number of amides is 1. The van der Waals surface area contributed by atoms with Crippen LogP contribution < -0.4 is 10.6 Å². The van der Waals surface area contributed by atoms with Crippen LogP contribution in [-0.2, 0) is 11.8 Å². The standard InChI is InChI=1S/C14H18N6O/c1-9-12(6-7-15-9)14(21)16-11-5-3-4-10(8-11)13-17-18-19-20(13)2/h3-5,8-9,12,15H,6-7H2,1-2H3,(H,16,21). The van der Waals surface area contributed by atoms with E-state index in [0.29, 0.717) is 5.82 Å². The molecule has 0 spiro atoms. The summed E-state index contributed by atoms with van der Waals surface area (Å²) in [6, 6.07) is 7.78. The van der Waals surface area contributed by atoms with Gasteiger partial charge in [-0.2, -0.15) is 0 Å². The van der Waals surface area contributed by atoms with E-state index in [2.05, 4.69) is 26.2 Å². The second kappa shape index (κ2) is 5.61. The normalized spacial score (nSPS) is 21.4. The third kappa shape index (κ3) is 2.78. The molecule has 2 heterocycles. The number of hydrogen-bond donors (Lipinski definition) is 2. The van der Waals surface area contributed by atoms with Crippen LogP contribution in [0.1, 0.15) is 13.3 Å². The Hall–Kier alpha value is -2.28. The molecule has 0 bridgehead atoms. The minimum atomic E-state index is 0.0187. The SMILES string of the molecule is CC1NCCC1C(=O)Nc1cccc(-c2nnnn2C)c1. The van der Waals surface area contributed by atoms with Crippen molar-refractivity contribution in [2.45, 2.75) is 19.4 Å². The monoisotopic (exact) mass is 286 g/mol. The molecule has 7 nitrogen and oxygen atoms in total. The lowest BCUT2D eigenvalue weighted by molar-refractivity contribution is -0.119. The quantitative estimate of drug-likeness (QED) is 0.872. The molecule has 110 valence electrons. The van der Waals surface area contributed by atoms with Crippen molar-refractivity contribution < 1.29 is 4.79 Å². The van der Waals surface area contributed by atoms with E-state index in [1.807, 2.05) is 31.2 Å². The largest absolute Gasteiger partial charge is 0.326 e. The van der Waals surface area contributed by atoms with Gasteiger partial charge < -0.3 is 10.6 Å².